The molecule has 3 rings (SSSR count). The van der Waals surface area contributed by atoms with Gasteiger partial charge in [0.2, 0.25) is 5.91 Å². The van der Waals surface area contributed by atoms with Gasteiger partial charge in [0.25, 0.3) is 0 Å². The zero-order valence-corrected chi connectivity index (χ0v) is 12.8. The second-order valence-corrected chi connectivity index (χ2v) is 5.95. The molecule has 0 fully saturated rings. The molecule has 5 nitrogen and oxygen atoms in total. The molecule has 1 amide bonds. The molecule has 0 aliphatic carbocycles. The largest absolute Gasteiger partial charge is 0.349 e. The van der Waals surface area contributed by atoms with E-state index in [1.54, 1.807) is 11.3 Å². The minimum Gasteiger partial charge on any atom is -0.349 e. The summed E-state index contributed by atoms with van der Waals surface area (Å²) in [5.74, 6) is 0.879. The van der Waals surface area contributed by atoms with E-state index in [0.717, 1.165) is 33.1 Å². The Kier molecular flexibility index (Phi) is 3.70. The average Bonchev–Trinajstić information content (AvgIpc) is 3.01. The Hall–Kier alpha value is -2.21. The van der Waals surface area contributed by atoms with E-state index in [0.29, 0.717) is 13.0 Å². The maximum atomic E-state index is 12.0. The summed E-state index contributed by atoms with van der Waals surface area (Å²) in [6, 6.07) is 5.85. The fraction of sp³-hybridized carbons (Fsp3) is 0.267. The lowest BCUT2D eigenvalue weighted by atomic mass is 10.1. The Balaban J connectivity index is 1.62. The third-order valence-electron chi connectivity index (χ3n) is 3.13. The number of fused-ring (bicyclic) bond motifs is 1. The van der Waals surface area contributed by atoms with Crippen LogP contribution in [-0.4, -0.2) is 20.9 Å². The molecule has 108 valence electrons. The van der Waals surface area contributed by atoms with Crippen molar-refractivity contribution in [1.82, 2.24) is 20.3 Å². The number of rotatable bonds is 4. The molecule has 0 bridgehead atoms. The van der Waals surface area contributed by atoms with Crippen LogP contribution in [0.5, 0.6) is 0 Å². The summed E-state index contributed by atoms with van der Waals surface area (Å²) in [7, 11) is 0. The van der Waals surface area contributed by atoms with Crippen LogP contribution in [0.4, 0.5) is 0 Å². The van der Waals surface area contributed by atoms with Gasteiger partial charge in [0.1, 0.15) is 10.8 Å². The number of H-pyrrole nitrogens is 1. The number of amides is 1. The number of nitrogens with one attached hydrogen (secondary N) is 2. The average molecular weight is 300 g/mol. The predicted molar refractivity (Wildman–Crippen MR) is 83.2 cm³/mol. The number of hydrogen-bond donors (Lipinski definition) is 2. The third-order valence-corrected chi connectivity index (χ3v) is 4.10. The summed E-state index contributed by atoms with van der Waals surface area (Å²) >= 11 is 1.56. The van der Waals surface area contributed by atoms with Gasteiger partial charge in [-0.2, -0.15) is 0 Å². The van der Waals surface area contributed by atoms with Crippen molar-refractivity contribution in [1.29, 1.82) is 0 Å². The lowest BCUT2D eigenvalue weighted by Gasteiger charge is -2.03. The molecule has 2 heterocycles. The molecule has 6 heteroatoms. The van der Waals surface area contributed by atoms with Crippen LogP contribution in [0.2, 0.25) is 0 Å². The van der Waals surface area contributed by atoms with E-state index in [4.69, 9.17) is 0 Å². The summed E-state index contributed by atoms with van der Waals surface area (Å²) in [5, 5.41) is 5.81. The van der Waals surface area contributed by atoms with Gasteiger partial charge < -0.3 is 10.3 Å². The molecule has 3 aromatic rings. The van der Waals surface area contributed by atoms with Gasteiger partial charge in [-0.05, 0) is 31.5 Å². The Morgan fingerprint density at radius 1 is 1.33 bits per heavy atom. The predicted octanol–water partition coefficient (Wildman–Crippen LogP) is 2.50. The van der Waals surface area contributed by atoms with E-state index in [-0.39, 0.29) is 5.91 Å². The van der Waals surface area contributed by atoms with E-state index in [9.17, 15) is 4.79 Å². The highest BCUT2D eigenvalue weighted by Gasteiger charge is 2.07. The molecule has 0 atom stereocenters. The van der Waals surface area contributed by atoms with Crippen molar-refractivity contribution in [3.63, 3.8) is 0 Å². The second kappa shape index (κ2) is 5.65. The van der Waals surface area contributed by atoms with E-state index in [2.05, 4.69) is 20.3 Å². The van der Waals surface area contributed by atoms with Crippen LogP contribution < -0.4 is 5.32 Å². The van der Waals surface area contributed by atoms with Crippen molar-refractivity contribution in [3.05, 3.63) is 45.7 Å². The highest BCUT2D eigenvalue weighted by molar-refractivity contribution is 7.09. The fourth-order valence-electron chi connectivity index (χ4n) is 2.20. The quantitative estimate of drug-likeness (QED) is 0.777. The Morgan fingerprint density at radius 2 is 2.19 bits per heavy atom. The normalized spacial score (nSPS) is 11.0. The molecular formula is C15H16N4OS. The number of nitrogens with zero attached hydrogens (tertiary/aromatic N) is 2. The van der Waals surface area contributed by atoms with Crippen molar-refractivity contribution in [2.75, 3.05) is 0 Å². The number of benzene rings is 1. The first-order valence-corrected chi connectivity index (χ1v) is 7.61. The molecular weight excluding hydrogens is 284 g/mol. The van der Waals surface area contributed by atoms with E-state index >= 15 is 0 Å². The second-order valence-electron chi connectivity index (χ2n) is 5.01. The molecule has 2 aromatic heterocycles. The molecule has 21 heavy (non-hydrogen) atoms. The zero-order chi connectivity index (χ0) is 14.8. The summed E-state index contributed by atoms with van der Waals surface area (Å²) < 4.78 is 0. The van der Waals surface area contributed by atoms with Crippen molar-refractivity contribution >= 4 is 28.3 Å². The standard InChI is InChI=1S/C15H16N4OS/c1-9-8-21-15(17-9)7-16-14(20)6-11-3-4-12-13(5-11)19-10(2)18-12/h3-5,8H,6-7H2,1-2H3,(H,16,20)(H,18,19). The summed E-state index contributed by atoms with van der Waals surface area (Å²) in [5.41, 5.74) is 3.85. The summed E-state index contributed by atoms with van der Waals surface area (Å²) in [4.78, 5) is 23.8. The first kappa shape index (κ1) is 13.8. The third kappa shape index (κ3) is 3.28. The lowest BCUT2D eigenvalue weighted by molar-refractivity contribution is -0.120. The van der Waals surface area contributed by atoms with Crippen LogP contribution in [0.3, 0.4) is 0 Å². The summed E-state index contributed by atoms with van der Waals surface area (Å²) in [6.07, 6.45) is 0.359. The molecule has 0 saturated carbocycles. The number of imidazole rings is 1. The van der Waals surface area contributed by atoms with Gasteiger partial charge in [0.05, 0.1) is 24.0 Å². The Bertz CT molecular complexity index is 790. The van der Waals surface area contributed by atoms with Gasteiger partial charge in [-0.15, -0.1) is 11.3 Å². The number of carbonyl (C=O) groups excluding carboxylic acids is 1. The summed E-state index contributed by atoms with van der Waals surface area (Å²) in [6.45, 7) is 4.36. The number of aromatic amines is 1. The van der Waals surface area contributed by atoms with Crippen molar-refractivity contribution in [2.24, 2.45) is 0 Å². The van der Waals surface area contributed by atoms with Crippen molar-refractivity contribution in [2.45, 2.75) is 26.8 Å². The molecule has 0 unspecified atom stereocenters. The van der Waals surface area contributed by atoms with Crippen LogP contribution in [0.1, 0.15) is 22.1 Å². The van der Waals surface area contributed by atoms with Crippen LogP contribution in [-0.2, 0) is 17.8 Å². The maximum Gasteiger partial charge on any atom is 0.224 e. The number of thiazole rings is 1. The van der Waals surface area contributed by atoms with Crippen LogP contribution >= 0.6 is 11.3 Å². The Labute approximate surface area is 126 Å². The van der Waals surface area contributed by atoms with Crippen LogP contribution in [0, 0.1) is 13.8 Å². The maximum absolute atomic E-state index is 12.0. The molecule has 0 aliphatic heterocycles. The number of aryl methyl sites for hydroxylation is 2. The Morgan fingerprint density at radius 3 is 2.95 bits per heavy atom. The molecule has 0 radical (unpaired) electrons. The zero-order valence-electron chi connectivity index (χ0n) is 11.9. The number of carbonyl (C=O) groups is 1. The van der Waals surface area contributed by atoms with Crippen LogP contribution in [0.25, 0.3) is 11.0 Å². The van der Waals surface area contributed by atoms with Crippen molar-refractivity contribution in [3.8, 4) is 0 Å². The minimum atomic E-state index is -0.00144. The van der Waals surface area contributed by atoms with Crippen LogP contribution in [0.15, 0.2) is 23.6 Å². The number of aromatic nitrogens is 3. The van der Waals surface area contributed by atoms with E-state index in [1.807, 2.05) is 37.4 Å². The van der Waals surface area contributed by atoms with Gasteiger partial charge >= 0.3 is 0 Å². The van der Waals surface area contributed by atoms with E-state index < -0.39 is 0 Å². The van der Waals surface area contributed by atoms with Gasteiger partial charge in [-0.3, -0.25) is 4.79 Å². The smallest absolute Gasteiger partial charge is 0.224 e. The molecule has 1 aromatic carbocycles. The monoisotopic (exact) mass is 300 g/mol. The lowest BCUT2D eigenvalue weighted by Crippen LogP contribution is -2.24. The highest BCUT2D eigenvalue weighted by Crippen LogP contribution is 2.14. The van der Waals surface area contributed by atoms with Gasteiger partial charge in [-0.1, -0.05) is 6.07 Å². The molecule has 0 spiro atoms. The first-order valence-electron chi connectivity index (χ1n) is 6.73. The van der Waals surface area contributed by atoms with Gasteiger partial charge in [0, 0.05) is 11.1 Å². The van der Waals surface area contributed by atoms with Crippen molar-refractivity contribution < 1.29 is 4.79 Å². The molecule has 0 saturated heterocycles. The SMILES string of the molecule is Cc1csc(CNC(=O)Cc2ccc3nc(C)[nH]c3c2)n1. The fourth-order valence-corrected chi connectivity index (χ4v) is 2.91. The minimum absolute atomic E-state index is 0.00144. The van der Waals surface area contributed by atoms with Gasteiger partial charge in [0.15, 0.2) is 0 Å². The highest BCUT2D eigenvalue weighted by atomic mass is 32.1. The van der Waals surface area contributed by atoms with Gasteiger partial charge in [-0.25, -0.2) is 9.97 Å². The molecule has 0 aliphatic rings. The topological polar surface area (TPSA) is 70.7 Å². The molecule has 2 N–H and O–H groups in total. The first-order chi connectivity index (χ1) is 10.1. The number of hydrogen-bond acceptors (Lipinski definition) is 4. The van der Waals surface area contributed by atoms with E-state index in [1.165, 1.54) is 0 Å².